The molecule has 0 rings (SSSR count). The van der Waals surface area contributed by atoms with Gasteiger partial charge in [-0.25, -0.2) is 9.13 Å². The highest BCUT2D eigenvalue weighted by Gasteiger charge is 2.30. The number of phosphoric acid groups is 2. The number of hydrogen-bond donors (Lipinski definition) is 3. The van der Waals surface area contributed by atoms with Gasteiger partial charge in [0.2, 0.25) is 0 Å². The highest BCUT2D eigenvalue weighted by molar-refractivity contribution is 7.47. The van der Waals surface area contributed by atoms with E-state index in [0.717, 1.165) is 95.8 Å². The highest BCUT2D eigenvalue weighted by atomic mass is 31.2. The van der Waals surface area contributed by atoms with Crippen molar-refractivity contribution in [3.05, 3.63) is 0 Å². The maximum Gasteiger partial charge on any atom is 0.472 e. The molecule has 0 amide bonds. The lowest BCUT2D eigenvalue weighted by atomic mass is 10.0. The Labute approximate surface area is 658 Å². The lowest BCUT2D eigenvalue weighted by Crippen LogP contribution is -2.30. The molecule has 0 heterocycles. The van der Waals surface area contributed by atoms with Crippen LogP contribution in [0.25, 0.3) is 0 Å². The van der Waals surface area contributed by atoms with E-state index in [-0.39, 0.29) is 25.7 Å². The molecule has 0 aromatic heterocycles. The fraction of sp³-hybridized carbons (Fsp3) is 0.955. The average molecular weight is 1560 g/mol. The molecule has 0 fully saturated rings. The van der Waals surface area contributed by atoms with Crippen molar-refractivity contribution >= 4 is 39.5 Å². The molecule has 3 N–H and O–H groups in total. The maximum absolute atomic E-state index is 13.2. The average Bonchev–Trinajstić information content (AvgIpc) is 0.900. The van der Waals surface area contributed by atoms with E-state index in [1.807, 2.05) is 0 Å². The maximum atomic E-state index is 13.2. The summed E-state index contributed by atoms with van der Waals surface area (Å²) in [6.45, 7) is 7.39. The number of rotatable bonds is 88. The standard InChI is InChI=1S/C88H172O17P2/c1-6-9-12-15-18-21-23-25-27-29-31-36-40-44-48-52-57-62-67-72-86(91)99-78-84(105-88(93)74-69-64-59-54-50-46-42-38-34-33-35-39-43-47-51-55-60-65-70-81(4)5)80-103-107(96,97)101-76-82(89)75-100-106(94,95)102-79-83(77-98-85(90)71-66-61-56-20-17-14-11-8-3)104-87(92)73-68-63-58-53-49-45-41-37-32-30-28-26-24-22-19-16-13-10-7-2/h81-84,89H,6-80H2,1-5H3,(H,94,95)(H,96,97)/t82-,83+,84+/m0/s1. The van der Waals surface area contributed by atoms with Crippen LogP contribution in [-0.4, -0.2) is 96.7 Å². The quantitative estimate of drug-likeness (QED) is 0.0222. The Balaban J connectivity index is 5.17. The highest BCUT2D eigenvalue weighted by Crippen LogP contribution is 2.45. The third-order valence-electron chi connectivity index (χ3n) is 20.8. The van der Waals surface area contributed by atoms with Crippen molar-refractivity contribution in [1.29, 1.82) is 0 Å². The van der Waals surface area contributed by atoms with Gasteiger partial charge in [0.15, 0.2) is 12.2 Å². The van der Waals surface area contributed by atoms with Gasteiger partial charge in [0.05, 0.1) is 26.4 Å². The van der Waals surface area contributed by atoms with Crippen molar-refractivity contribution in [2.75, 3.05) is 39.6 Å². The van der Waals surface area contributed by atoms with Crippen molar-refractivity contribution < 1.29 is 80.2 Å². The first kappa shape index (κ1) is 105. The summed E-state index contributed by atoms with van der Waals surface area (Å²) >= 11 is 0. The van der Waals surface area contributed by atoms with Crippen LogP contribution in [0.15, 0.2) is 0 Å². The van der Waals surface area contributed by atoms with E-state index in [4.69, 9.17) is 37.0 Å². The zero-order chi connectivity index (χ0) is 78.3. The summed E-state index contributed by atoms with van der Waals surface area (Å²) in [5.74, 6) is -1.28. The van der Waals surface area contributed by atoms with Gasteiger partial charge in [0.25, 0.3) is 0 Å². The molecule has 0 aliphatic rings. The molecular formula is C88H172O17P2. The first-order chi connectivity index (χ1) is 52.0. The molecule has 0 aliphatic carbocycles. The SMILES string of the molecule is CCCCCCCCCCCCCCCCCCCCCC(=O)OC[C@H](COP(=O)(O)OC[C@@H](O)COP(=O)(O)OC[C@@H](COC(=O)CCCCCCCCCC)OC(=O)CCCCCCCCCCCCCCCCCCCCC)OC(=O)CCCCCCCCCCCCCCCCCCCCC(C)C. The molecule has 0 saturated carbocycles. The summed E-state index contributed by atoms with van der Waals surface area (Å²) < 4.78 is 68.9. The second-order valence-corrected chi connectivity index (χ2v) is 35.0. The molecule has 0 saturated heterocycles. The van der Waals surface area contributed by atoms with Crippen LogP contribution in [-0.2, 0) is 65.4 Å². The number of ether oxygens (including phenoxy) is 4. The third kappa shape index (κ3) is 81.9. The molecule has 0 aromatic rings. The minimum atomic E-state index is -4.97. The largest absolute Gasteiger partial charge is 0.472 e. The number of hydrogen-bond acceptors (Lipinski definition) is 15. The lowest BCUT2D eigenvalue weighted by molar-refractivity contribution is -0.161. The van der Waals surface area contributed by atoms with Crippen molar-refractivity contribution in [2.24, 2.45) is 5.92 Å². The number of aliphatic hydroxyl groups excluding tert-OH is 1. The zero-order valence-electron chi connectivity index (χ0n) is 70.3. The number of unbranched alkanes of at least 4 members (excludes halogenated alkanes) is 60. The van der Waals surface area contributed by atoms with Gasteiger partial charge in [0.1, 0.15) is 19.3 Å². The van der Waals surface area contributed by atoms with Gasteiger partial charge in [-0.15, -0.1) is 0 Å². The smallest absolute Gasteiger partial charge is 0.462 e. The topological polar surface area (TPSA) is 237 Å². The van der Waals surface area contributed by atoms with Crippen LogP contribution >= 0.6 is 15.6 Å². The summed E-state index contributed by atoms with van der Waals surface area (Å²) in [4.78, 5) is 73.2. The Kier molecular flexibility index (Phi) is 79.2. The van der Waals surface area contributed by atoms with Crippen molar-refractivity contribution in [3.63, 3.8) is 0 Å². The lowest BCUT2D eigenvalue weighted by Gasteiger charge is -2.21. The van der Waals surface area contributed by atoms with Crippen LogP contribution in [0.1, 0.15) is 478 Å². The monoisotopic (exact) mass is 1560 g/mol. The molecule has 636 valence electrons. The molecule has 2 unspecified atom stereocenters. The molecule has 107 heavy (non-hydrogen) atoms. The predicted octanol–water partition coefficient (Wildman–Crippen LogP) is 27.2. The van der Waals surface area contributed by atoms with E-state index in [2.05, 4.69) is 34.6 Å². The van der Waals surface area contributed by atoms with Gasteiger partial charge in [-0.1, -0.05) is 426 Å². The molecule has 0 radical (unpaired) electrons. The van der Waals surface area contributed by atoms with Crippen LogP contribution < -0.4 is 0 Å². The summed E-state index contributed by atoms with van der Waals surface area (Å²) in [5, 5.41) is 10.7. The van der Waals surface area contributed by atoms with Crippen LogP contribution in [0.5, 0.6) is 0 Å². The molecule has 5 atom stereocenters. The van der Waals surface area contributed by atoms with Crippen molar-refractivity contribution in [2.45, 2.75) is 496 Å². The summed E-state index contributed by atoms with van der Waals surface area (Å²) in [6.07, 6.45) is 75.2. The second-order valence-electron chi connectivity index (χ2n) is 32.1. The summed E-state index contributed by atoms with van der Waals surface area (Å²) in [6, 6.07) is 0. The molecule has 17 nitrogen and oxygen atoms in total. The number of esters is 4. The Hall–Kier alpha value is -1.94. The van der Waals surface area contributed by atoms with E-state index >= 15 is 0 Å². The van der Waals surface area contributed by atoms with Gasteiger partial charge in [-0.2, -0.15) is 0 Å². The fourth-order valence-electron chi connectivity index (χ4n) is 13.8. The van der Waals surface area contributed by atoms with E-state index in [9.17, 15) is 43.2 Å². The van der Waals surface area contributed by atoms with E-state index < -0.39 is 97.5 Å². The molecule has 0 aliphatic heterocycles. The van der Waals surface area contributed by atoms with Crippen LogP contribution in [0.3, 0.4) is 0 Å². The molecule has 19 heteroatoms. The third-order valence-corrected chi connectivity index (χ3v) is 22.7. The molecule has 0 bridgehead atoms. The fourth-order valence-corrected chi connectivity index (χ4v) is 15.4. The van der Waals surface area contributed by atoms with Crippen LogP contribution in [0.2, 0.25) is 0 Å². The van der Waals surface area contributed by atoms with Crippen LogP contribution in [0, 0.1) is 5.92 Å². The minimum absolute atomic E-state index is 0.109. The molecular weight excluding hydrogens is 1390 g/mol. The van der Waals surface area contributed by atoms with Gasteiger partial charge >= 0.3 is 39.5 Å². The van der Waals surface area contributed by atoms with E-state index in [1.54, 1.807) is 0 Å². The summed E-state index contributed by atoms with van der Waals surface area (Å²) in [7, 11) is -9.93. The van der Waals surface area contributed by atoms with Crippen molar-refractivity contribution in [1.82, 2.24) is 0 Å². The van der Waals surface area contributed by atoms with Gasteiger partial charge in [0, 0.05) is 25.7 Å². The van der Waals surface area contributed by atoms with Crippen molar-refractivity contribution in [3.8, 4) is 0 Å². The van der Waals surface area contributed by atoms with Gasteiger partial charge < -0.3 is 33.8 Å². The number of phosphoric ester groups is 2. The Morgan fingerprint density at radius 2 is 0.430 bits per heavy atom. The molecule has 0 aromatic carbocycles. The normalized spacial score (nSPS) is 13.7. The number of aliphatic hydroxyl groups is 1. The first-order valence-corrected chi connectivity index (χ1v) is 48.6. The van der Waals surface area contributed by atoms with E-state index in [1.165, 1.54) is 302 Å². The predicted molar refractivity (Wildman–Crippen MR) is 442 cm³/mol. The van der Waals surface area contributed by atoms with Gasteiger partial charge in [-0.05, 0) is 31.6 Å². The number of carbonyl (C=O) groups is 4. The minimum Gasteiger partial charge on any atom is -0.462 e. The van der Waals surface area contributed by atoms with E-state index in [0.29, 0.717) is 25.7 Å². The first-order valence-electron chi connectivity index (χ1n) is 45.6. The van der Waals surface area contributed by atoms with Crippen LogP contribution in [0.4, 0.5) is 0 Å². The molecule has 0 spiro atoms. The van der Waals surface area contributed by atoms with Gasteiger partial charge in [-0.3, -0.25) is 37.3 Å². The second kappa shape index (κ2) is 80.7. The Morgan fingerprint density at radius 3 is 0.636 bits per heavy atom. The summed E-state index contributed by atoms with van der Waals surface area (Å²) in [5.41, 5.74) is 0. The zero-order valence-corrected chi connectivity index (χ0v) is 72.1. The number of carbonyl (C=O) groups excluding carboxylic acids is 4. The Bertz CT molecular complexity index is 2030. The Morgan fingerprint density at radius 1 is 0.252 bits per heavy atom.